The third kappa shape index (κ3) is 3.55. The van der Waals surface area contributed by atoms with E-state index in [0.717, 1.165) is 0 Å². The lowest BCUT2D eigenvalue weighted by atomic mass is 10.4. The third-order valence-electron chi connectivity index (χ3n) is 1.69. The van der Waals surface area contributed by atoms with E-state index in [1.165, 1.54) is 19.1 Å². The topological polar surface area (TPSA) is 63.2 Å². The van der Waals surface area contributed by atoms with Crippen molar-refractivity contribution in [1.82, 2.24) is 4.72 Å². The number of hydrogen-bond acceptors (Lipinski definition) is 3. The Balaban J connectivity index is 3.03. The quantitative estimate of drug-likeness (QED) is 0.920. The molecule has 0 unspecified atom stereocenters. The van der Waals surface area contributed by atoms with Gasteiger partial charge in [0.05, 0.1) is 11.6 Å². The van der Waals surface area contributed by atoms with Crippen molar-refractivity contribution in [1.29, 1.82) is 0 Å². The summed E-state index contributed by atoms with van der Waals surface area (Å²) in [7, 11) is -3.73. The second-order valence-corrected chi connectivity index (χ2v) is 6.16. The van der Waals surface area contributed by atoms with Gasteiger partial charge in [-0.1, -0.05) is 27.5 Å². The molecule has 1 rings (SSSR count). The van der Waals surface area contributed by atoms with Gasteiger partial charge < -0.3 is 0 Å². The first kappa shape index (κ1) is 13.6. The van der Waals surface area contributed by atoms with Gasteiger partial charge in [0.15, 0.2) is 0 Å². The molecule has 0 saturated carbocycles. The second kappa shape index (κ2) is 5.27. The first-order chi connectivity index (χ1) is 7.33. The van der Waals surface area contributed by atoms with E-state index in [1.807, 2.05) is 0 Å². The van der Waals surface area contributed by atoms with Crippen molar-refractivity contribution in [3.8, 4) is 0 Å². The van der Waals surface area contributed by atoms with Crippen molar-refractivity contribution in [2.45, 2.75) is 11.8 Å². The summed E-state index contributed by atoms with van der Waals surface area (Å²) >= 11 is 8.97. The molecule has 88 valence electrons. The molecule has 0 spiro atoms. The molecule has 1 aromatic rings. The molecule has 0 saturated heterocycles. The normalized spacial score (nSPS) is 11.4. The van der Waals surface area contributed by atoms with Crippen LogP contribution in [-0.2, 0) is 14.8 Å². The molecule has 0 bridgehead atoms. The van der Waals surface area contributed by atoms with Crippen molar-refractivity contribution in [2.24, 2.45) is 0 Å². The smallest absolute Gasteiger partial charge is 0.242 e. The molecule has 4 nitrogen and oxygen atoms in total. The molecule has 0 aliphatic heterocycles. The zero-order valence-electron chi connectivity index (χ0n) is 8.33. The highest BCUT2D eigenvalue weighted by Gasteiger charge is 2.17. The number of benzene rings is 1. The minimum absolute atomic E-state index is 0.0429. The molecule has 0 heterocycles. The molecule has 0 fully saturated rings. The molecule has 0 aliphatic carbocycles. The molecule has 1 aromatic carbocycles. The van der Waals surface area contributed by atoms with Crippen LogP contribution >= 0.6 is 27.5 Å². The van der Waals surface area contributed by atoms with E-state index in [2.05, 4.69) is 20.7 Å². The van der Waals surface area contributed by atoms with E-state index >= 15 is 0 Å². The number of ketones is 1. The molecule has 0 aliphatic rings. The molecule has 0 amide bonds. The Bertz CT molecular complexity index is 515. The lowest BCUT2D eigenvalue weighted by Gasteiger charge is -2.07. The van der Waals surface area contributed by atoms with Crippen LogP contribution in [-0.4, -0.2) is 20.7 Å². The van der Waals surface area contributed by atoms with E-state index in [0.29, 0.717) is 4.47 Å². The predicted octanol–water partition coefficient (Wildman–Crippen LogP) is 1.97. The van der Waals surface area contributed by atoms with Crippen LogP contribution in [0.4, 0.5) is 0 Å². The van der Waals surface area contributed by atoms with Gasteiger partial charge in [0.25, 0.3) is 0 Å². The van der Waals surface area contributed by atoms with Crippen LogP contribution in [0.1, 0.15) is 6.92 Å². The Morgan fingerprint density at radius 3 is 2.62 bits per heavy atom. The molecule has 0 atom stereocenters. The monoisotopic (exact) mass is 325 g/mol. The number of halogens is 2. The zero-order valence-corrected chi connectivity index (χ0v) is 11.5. The largest absolute Gasteiger partial charge is 0.299 e. The van der Waals surface area contributed by atoms with Crippen LogP contribution in [0.25, 0.3) is 0 Å². The first-order valence-corrected chi connectivity index (χ1v) is 6.92. The number of rotatable bonds is 4. The minimum Gasteiger partial charge on any atom is -0.299 e. The van der Waals surface area contributed by atoms with Gasteiger partial charge >= 0.3 is 0 Å². The van der Waals surface area contributed by atoms with E-state index in [9.17, 15) is 13.2 Å². The Labute approximate surface area is 107 Å². The summed E-state index contributed by atoms with van der Waals surface area (Å²) < 4.78 is 26.3. The molecule has 0 radical (unpaired) electrons. The summed E-state index contributed by atoms with van der Waals surface area (Å²) in [5, 5.41) is 0.102. The molecule has 7 heteroatoms. The first-order valence-electron chi connectivity index (χ1n) is 4.27. The van der Waals surface area contributed by atoms with Crippen LogP contribution in [0, 0.1) is 0 Å². The highest BCUT2D eigenvalue weighted by Crippen LogP contribution is 2.24. The molecule has 1 N–H and O–H groups in total. The van der Waals surface area contributed by atoms with Gasteiger partial charge in [-0.25, -0.2) is 13.1 Å². The van der Waals surface area contributed by atoms with Crippen LogP contribution in [0.2, 0.25) is 5.02 Å². The Kier molecular flexibility index (Phi) is 4.49. The summed E-state index contributed by atoms with van der Waals surface area (Å²) in [6.45, 7) is 1.06. The minimum atomic E-state index is -3.73. The van der Waals surface area contributed by atoms with Crippen molar-refractivity contribution >= 4 is 43.3 Å². The fourth-order valence-electron chi connectivity index (χ4n) is 0.968. The predicted molar refractivity (Wildman–Crippen MR) is 65.0 cm³/mol. The number of hydrogen-bond donors (Lipinski definition) is 1. The summed E-state index contributed by atoms with van der Waals surface area (Å²) in [5.74, 6) is -0.267. The Hall–Kier alpha value is -0.430. The van der Waals surface area contributed by atoms with Crippen molar-refractivity contribution in [2.75, 3.05) is 6.54 Å². The number of Topliss-reactive ketones (excluding diaryl/α,β-unsaturated/α-hetero) is 1. The van der Waals surface area contributed by atoms with E-state index < -0.39 is 10.0 Å². The Morgan fingerprint density at radius 1 is 1.50 bits per heavy atom. The van der Waals surface area contributed by atoms with Crippen molar-refractivity contribution in [3.05, 3.63) is 27.7 Å². The summed E-state index contributed by atoms with van der Waals surface area (Å²) in [4.78, 5) is 10.7. The number of carbonyl (C=O) groups is 1. The molecular weight excluding hydrogens is 318 g/mol. The van der Waals surface area contributed by atoms with Gasteiger partial charge in [0, 0.05) is 4.47 Å². The van der Waals surface area contributed by atoms with Gasteiger partial charge in [0.1, 0.15) is 10.7 Å². The number of nitrogens with one attached hydrogen (secondary N) is 1. The number of sulfonamides is 1. The Morgan fingerprint density at radius 2 is 2.12 bits per heavy atom. The maximum Gasteiger partial charge on any atom is 0.242 e. The van der Waals surface area contributed by atoms with Gasteiger partial charge in [-0.2, -0.15) is 0 Å². The van der Waals surface area contributed by atoms with Crippen LogP contribution in [0.15, 0.2) is 27.6 Å². The van der Waals surface area contributed by atoms with Crippen LogP contribution in [0.5, 0.6) is 0 Å². The third-order valence-corrected chi connectivity index (χ3v) is 4.07. The SMILES string of the molecule is CC(=O)CNS(=O)(=O)c1ccc(Br)cc1Cl. The summed E-state index contributed by atoms with van der Waals surface area (Å²) in [6.07, 6.45) is 0. The second-order valence-electron chi connectivity index (χ2n) is 3.10. The summed E-state index contributed by atoms with van der Waals surface area (Å²) in [5.41, 5.74) is 0. The average molecular weight is 327 g/mol. The van der Waals surface area contributed by atoms with Gasteiger partial charge in [-0.05, 0) is 25.1 Å². The van der Waals surface area contributed by atoms with Crippen LogP contribution in [0.3, 0.4) is 0 Å². The lowest BCUT2D eigenvalue weighted by molar-refractivity contribution is -0.115. The van der Waals surface area contributed by atoms with E-state index in [1.54, 1.807) is 6.07 Å². The fourth-order valence-corrected chi connectivity index (χ4v) is 3.06. The highest BCUT2D eigenvalue weighted by molar-refractivity contribution is 9.10. The van der Waals surface area contributed by atoms with Gasteiger partial charge in [0.2, 0.25) is 10.0 Å². The van der Waals surface area contributed by atoms with Gasteiger partial charge in [-0.15, -0.1) is 0 Å². The van der Waals surface area contributed by atoms with E-state index in [4.69, 9.17) is 11.6 Å². The highest BCUT2D eigenvalue weighted by atomic mass is 79.9. The van der Waals surface area contributed by atoms with E-state index in [-0.39, 0.29) is 22.2 Å². The molecular formula is C9H9BrClNO3S. The van der Waals surface area contributed by atoms with Gasteiger partial charge in [-0.3, -0.25) is 4.79 Å². The zero-order chi connectivity index (χ0) is 12.3. The average Bonchev–Trinajstić information content (AvgIpc) is 2.14. The molecule has 0 aromatic heterocycles. The van der Waals surface area contributed by atoms with Crippen molar-refractivity contribution < 1.29 is 13.2 Å². The van der Waals surface area contributed by atoms with Crippen molar-refractivity contribution in [3.63, 3.8) is 0 Å². The standard InChI is InChI=1S/C9H9BrClNO3S/c1-6(13)5-12-16(14,15)9-3-2-7(10)4-8(9)11/h2-4,12H,5H2,1H3. The fraction of sp³-hybridized carbons (Fsp3) is 0.222. The summed E-state index contributed by atoms with van der Waals surface area (Å²) in [6, 6.07) is 4.41. The maximum absolute atomic E-state index is 11.7. The van der Waals surface area contributed by atoms with Crippen LogP contribution < -0.4 is 4.72 Å². The maximum atomic E-state index is 11.7. The molecule has 16 heavy (non-hydrogen) atoms. The lowest BCUT2D eigenvalue weighted by Crippen LogP contribution is -2.28. The number of carbonyl (C=O) groups excluding carboxylic acids is 1.